The fraction of sp³-hybridized carbons (Fsp3) is 0.400. The van der Waals surface area contributed by atoms with Crippen LogP contribution in [-0.2, 0) is 4.74 Å². The van der Waals surface area contributed by atoms with Crippen LogP contribution in [-0.4, -0.2) is 76.2 Å². The van der Waals surface area contributed by atoms with Gasteiger partial charge in [0.25, 0.3) is 0 Å². The Morgan fingerprint density at radius 1 is 1.24 bits per heavy atom. The zero-order chi connectivity index (χ0) is 23.5. The summed E-state index contributed by atoms with van der Waals surface area (Å²) in [5, 5.41) is 13.8. The molecule has 0 spiro atoms. The molecule has 11 nitrogen and oxygen atoms in total. The number of cyclic esters (lactones) is 1. The lowest BCUT2D eigenvalue weighted by atomic mass is 10.2. The van der Waals surface area contributed by atoms with Crippen molar-refractivity contribution in [2.75, 3.05) is 49.1 Å². The Balaban J connectivity index is 1.32. The quantitative estimate of drug-likeness (QED) is 0.365. The summed E-state index contributed by atoms with van der Waals surface area (Å²) in [4.78, 5) is 33.7. The minimum Gasteiger partial charge on any atom is -0.442 e. The number of nitrogens with one attached hydrogen (secondary N) is 1. The maximum Gasteiger partial charge on any atom is 0.433 e. The molecule has 13 heteroatoms. The Labute approximate surface area is 200 Å². The van der Waals surface area contributed by atoms with E-state index in [1.54, 1.807) is 18.0 Å². The van der Waals surface area contributed by atoms with Crippen molar-refractivity contribution >= 4 is 57.9 Å². The smallest absolute Gasteiger partial charge is 0.433 e. The van der Waals surface area contributed by atoms with Crippen molar-refractivity contribution < 1.29 is 18.9 Å². The second-order valence-corrected chi connectivity index (χ2v) is 8.60. The van der Waals surface area contributed by atoms with Gasteiger partial charge in [-0.3, -0.25) is 15.0 Å². The topological polar surface area (TPSA) is 117 Å². The number of amides is 1. The second-order valence-electron chi connectivity index (χ2n) is 7.60. The highest BCUT2D eigenvalue weighted by Gasteiger charge is 2.32. The lowest BCUT2D eigenvalue weighted by molar-refractivity contribution is -0.402. The van der Waals surface area contributed by atoms with Crippen LogP contribution < -0.4 is 15.1 Å². The van der Waals surface area contributed by atoms with E-state index >= 15 is 0 Å². The molecular weight excluding hydrogens is 468 g/mol. The first kappa shape index (κ1) is 22.9. The second kappa shape index (κ2) is 9.67. The molecule has 2 aromatic rings. The van der Waals surface area contributed by atoms with Gasteiger partial charge in [-0.05, 0) is 25.1 Å². The maximum atomic E-state index is 12.2. The Hall–Kier alpha value is -3.32. The van der Waals surface area contributed by atoms with Gasteiger partial charge in [-0.1, -0.05) is 24.4 Å². The highest BCUT2D eigenvalue weighted by molar-refractivity contribution is 7.80. The van der Waals surface area contributed by atoms with Gasteiger partial charge in [0, 0.05) is 26.2 Å². The lowest BCUT2D eigenvalue weighted by Gasteiger charge is -2.36. The third-order valence-corrected chi connectivity index (χ3v) is 5.97. The first-order valence-corrected chi connectivity index (χ1v) is 11.1. The number of rotatable bonds is 6. The van der Waals surface area contributed by atoms with Crippen molar-refractivity contribution in [2.45, 2.75) is 13.0 Å². The normalized spacial score (nSPS) is 18.3. The highest BCUT2D eigenvalue weighted by atomic mass is 32.1. The molecule has 0 unspecified atom stereocenters. The zero-order valence-corrected chi connectivity index (χ0v) is 19.4. The number of furan rings is 1. The summed E-state index contributed by atoms with van der Waals surface area (Å²) in [5.74, 6) is 0.785. The third-order valence-electron chi connectivity index (χ3n) is 5.37. The minimum atomic E-state index is -0.585. The van der Waals surface area contributed by atoms with E-state index in [1.165, 1.54) is 12.1 Å². The number of hydrogen-bond acceptors (Lipinski definition) is 9. The largest absolute Gasteiger partial charge is 0.442 e. The number of aromatic nitrogens is 1. The molecule has 4 rings (SSSR count). The molecule has 2 fully saturated rings. The summed E-state index contributed by atoms with van der Waals surface area (Å²) in [6.45, 7) is 5.28. The number of carbonyl (C=O) groups excluding carboxylic acids is 1. The van der Waals surface area contributed by atoms with Crippen molar-refractivity contribution in [1.82, 2.24) is 15.2 Å². The molecule has 0 aliphatic carbocycles. The number of carbonyl (C=O) groups is 1. The summed E-state index contributed by atoms with van der Waals surface area (Å²) in [6, 6.07) is 6.55. The van der Waals surface area contributed by atoms with Crippen LogP contribution in [0, 0.1) is 10.1 Å². The monoisotopic (exact) mass is 490 g/mol. The molecule has 1 N–H and O–H groups in total. The van der Waals surface area contributed by atoms with Crippen LogP contribution in [0.15, 0.2) is 34.9 Å². The van der Waals surface area contributed by atoms with Gasteiger partial charge in [0.2, 0.25) is 0 Å². The standard InChI is InChI=1S/C20H22N6O5S2/c1-13(32)21-11-15-12-25(20(27)30-15)14-2-4-17(22-10-14)23-6-8-24(9-7-23)19(33)16-3-5-18(31-16)26(28)29/h2-5,10,15H,6-9,11-12H2,1H3,(H,21,32)/t15-/m0/s1. The van der Waals surface area contributed by atoms with Crippen molar-refractivity contribution in [1.29, 1.82) is 0 Å². The van der Waals surface area contributed by atoms with Crippen LogP contribution in [0.3, 0.4) is 0 Å². The van der Waals surface area contributed by atoms with Crippen LogP contribution in [0.4, 0.5) is 22.2 Å². The minimum absolute atomic E-state index is 0.275. The molecule has 0 radical (unpaired) electrons. The molecular formula is C20H22N6O5S2. The van der Waals surface area contributed by atoms with Crippen molar-refractivity contribution in [3.05, 3.63) is 46.3 Å². The zero-order valence-electron chi connectivity index (χ0n) is 17.8. The molecule has 1 atom stereocenters. The third kappa shape index (κ3) is 5.20. The van der Waals surface area contributed by atoms with Crippen molar-refractivity contribution in [3.8, 4) is 0 Å². The van der Waals surface area contributed by atoms with Gasteiger partial charge in [-0.25, -0.2) is 9.78 Å². The Morgan fingerprint density at radius 3 is 2.61 bits per heavy atom. The molecule has 2 aliphatic heterocycles. The predicted octanol–water partition coefficient (Wildman–Crippen LogP) is 2.34. The summed E-state index contributed by atoms with van der Waals surface area (Å²) in [6.07, 6.45) is 0.983. The van der Waals surface area contributed by atoms with E-state index in [9.17, 15) is 14.9 Å². The maximum absolute atomic E-state index is 12.2. The van der Waals surface area contributed by atoms with Crippen LogP contribution in [0.5, 0.6) is 0 Å². The number of hydrogen-bond donors (Lipinski definition) is 1. The van der Waals surface area contributed by atoms with Crippen LogP contribution >= 0.6 is 24.4 Å². The van der Waals surface area contributed by atoms with Crippen LogP contribution in [0.25, 0.3) is 0 Å². The summed E-state index contributed by atoms with van der Waals surface area (Å²) in [7, 11) is 0. The molecule has 33 heavy (non-hydrogen) atoms. The molecule has 0 bridgehead atoms. The molecule has 2 saturated heterocycles. The summed E-state index contributed by atoms with van der Waals surface area (Å²) >= 11 is 10.4. The van der Waals surface area contributed by atoms with E-state index in [4.69, 9.17) is 33.6 Å². The molecule has 0 saturated carbocycles. The molecule has 1 amide bonds. The van der Waals surface area contributed by atoms with Gasteiger partial charge in [0.15, 0.2) is 5.76 Å². The van der Waals surface area contributed by atoms with Gasteiger partial charge in [-0.15, -0.1) is 0 Å². The molecule has 174 valence electrons. The van der Waals surface area contributed by atoms with Crippen molar-refractivity contribution in [2.24, 2.45) is 0 Å². The van der Waals surface area contributed by atoms with Gasteiger partial charge < -0.3 is 24.3 Å². The van der Waals surface area contributed by atoms with E-state index < -0.39 is 11.0 Å². The van der Waals surface area contributed by atoms with E-state index in [0.717, 1.165) is 5.82 Å². The lowest BCUT2D eigenvalue weighted by Crippen LogP contribution is -2.48. The van der Waals surface area contributed by atoms with E-state index in [0.29, 0.717) is 60.7 Å². The molecule has 4 heterocycles. The number of nitrogens with zero attached hydrogens (tertiary/aromatic N) is 5. The van der Waals surface area contributed by atoms with E-state index in [2.05, 4.69) is 15.2 Å². The summed E-state index contributed by atoms with van der Waals surface area (Å²) < 4.78 is 10.6. The number of ether oxygens (including phenoxy) is 1. The van der Waals surface area contributed by atoms with Crippen LogP contribution in [0.1, 0.15) is 12.7 Å². The van der Waals surface area contributed by atoms with Gasteiger partial charge in [0.05, 0.1) is 36.0 Å². The number of nitro groups is 1. The Morgan fingerprint density at radius 2 is 2.00 bits per heavy atom. The number of anilines is 2. The predicted molar refractivity (Wildman–Crippen MR) is 129 cm³/mol. The van der Waals surface area contributed by atoms with Gasteiger partial charge in [0.1, 0.15) is 21.8 Å². The molecule has 2 aromatic heterocycles. The molecule has 0 aromatic carbocycles. The fourth-order valence-electron chi connectivity index (χ4n) is 3.66. The van der Waals surface area contributed by atoms with E-state index in [1.807, 2.05) is 17.0 Å². The van der Waals surface area contributed by atoms with E-state index in [-0.39, 0.29) is 12.0 Å². The SMILES string of the molecule is CC(=S)NC[C@H]1CN(c2ccc(N3CCN(C(=S)c4ccc([N+](=O)[O-])o4)CC3)nc2)C(=O)O1. The number of thiocarbonyl (C=S) groups is 2. The summed E-state index contributed by atoms with van der Waals surface area (Å²) in [5.41, 5.74) is 0.671. The Bertz CT molecular complexity index is 1070. The Kier molecular flexibility index (Phi) is 6.70. The first-order valence-electron chi connectivity index (χ1n) is 10.3. The highest BCUT2D eigenvalue weighted by Crippen LogP contribution is 2.24. The van der Waals surface area contributed by atoms with Gasteiger partial charge in [-0.2, -0.15) is 0 Å². The fourth-order valence-corrected chi connectivity index (χ4v) is 4.03. The average Bonchev–Trinajstić information content (AvgIpc) is 3.45. The van der Waals surface area contributed by atoms with Gasteiger partial charge >= 0.3 is 12.0 Å². The number of pyridine rings is 1. The van der Waals surface area contributed by atoms with Crippen molar-refractivity contribution in [3.63, 3.8) is 0 Å². The number of piperazine rings is 1. The van der Waals surface area contributed by atoms with Crippen LogP contribution in [0.2, 0.25) is 0 Å². The first-order chi connectivity index (χ1) is 15.8. The molecule has 2 aliphatic rings. The average molecular weight is 491 g/mol.